The third-order valence-electron chi connectivity index (χ3n) is 8.76. The number of fused-ring (bicyclic) bond motifs is 2. The van der Waals surface area contributed by atoms with Crippen molar-refractivity contribution in [3.05, 3.63) is 94.9 Å². The van der Waals surface area contributed by atoms with Crippen LogP contribution in [0, 0.1) is 11.8 Å². The van der Waals surface area contributed by atoms with Gasteiger partial charge in [0.15, 0.2) is 0 Å². The Morgan fingerprint density at radius 3 is 2.11 bits per heavy atom. The van der Waals surface area contributed by atoms with E-state index in [0.29, 0.717) is 23.3 Å². The first-order chi connectivity index (χ1) is 21.6. The molecule has 1 saturated carbocycles. The Morgan fingerprint density at radius 1 is 0.818 bits per heavy atom. The molecule has 3 aromatic rings. The first kappa shape index (κ1) is 30.2. The Hall–Kier alpha value is -3.84. The number of benzene rings is 3. The molecule has 0 aromatic heterocycles. The number of amides is 2. The molecule has 3 aliphatic rings. The number of carbonyl (C=O) groups is 3. The second kappa shape index (κ2) is 13.9. The van der Waals surface area contributed by atoms with Gasteiger partial charge in [0.2, 0.25) is 0 Å². The van der Waals surface area contributed by atoms with Crippen LogP contribution in [0.3, 0.4) is 0 Å². The minimum Gasteiger partial charge on any atom is -0.330 e. The molecule has 7 heteroatoms. The van der Waals surface area contributed by atoms with Crippen molar-refractivity contribution in [1.29, 1.82) is 0 Å². The molecule has 6 nitrogen and oxygen atoms in total. The lowest BCUT2D eigenvalue weighted by Gasteiger charge is -2.36. The second-order valence-electron chi connectivity index (χ2n) is 11.9. The molecule has 2 unspecified atom stereocenters. The van der Waals surface area contributed by atoms with Crippen molar-refractivity contribution in [1.82, 2.24) is 5.06 Å². The molecule has 6 rings (SSSR count). The number of carbonyl (C=O) groups excluding carboxylic acids is 3. The summed E-state index contributed by atoms with van der Waals surface area (Å²) in [5.41, 5.74) is 7.61. The van der Waals surface area contributed by atoms with Crippen LogP contribution in [-0.4, -0.2) is 28.6 Å². The van der Waals surface area contributed by atoms with E-state index in [1.54, 1.807) is 0 Å². The van der Waals surface area contributed by atoms with Crippen molar-refractivity contribution >= 4 is 52.2 Å². The maximum atomic E-state index is 12.2. The van der Waals surface area contributed by atoms with Crippen LogP contribution >= 0.6 is 11.8 Å². The van der Waals surface area contributed by atoms with Crippen LogP contribution < -0.4 is 4.90 Å². The summed E-state index contributed by atoms with van der Waals surface area (Å²) in [5.74, 6) is 0.950. The maximum absolute atomic E-state index is 12.2. The highest BCUT2D eigenvalue weighted by molar-refractivity contribution is 8.03. The van der Waals surface area contributed by atoms with E-state index in [2.05, 4.69) is 102 Å². The quantitative estimate of drug-likeness (QED) is 0.112. The number of anilines is 3. The molecule has 1 saturated heterocycles. The van der Waals surface area contributed by atoms with Crippen LogP contribution in [0.1, 0.15) is 82.3 Å². The van der Waals surface area contributed by atoms with Gasteiger partial charge in [0, 0.05) is 41.6 Å². The Bertz CT molecular complexity index is 1490. The van der Waals surface area contributed by atoms with Crippen LogP contribution in [-0.2, 0) is 19.2 Å². The Labute approximate surface area is 264 Å². The molecule has 2 amide bonds. The lowest BCUT2D eigenvalue weighted by molar-refractivity contribution is -0.197. The second-order valence-corrected chi connectivity index (χ2v) is 13.0. The van der Waals surface area contributed by atoms with Crippen LogP contribution in [0.25, 0.3) is 5.57 Å². The fourth-order valence-electron chi connectivity index (χ4n) is 6.39. The van der Waals surface area contributed by atoms with Gasteiger partial charge in [0.05, 0.1) is 11.4 Å². The molecule has 0 N–H and O–H groups in total. The van der Waals surface area contributed by atoms with Gasteiger partial charge in [-0.25, -0.2) is 4.79 Å². The van der Waals surface area contributed by atoms with E-state index in [0.717, 1.165) is 25.0 Å². The fourth-order valence-corrected chi connectivity index (χ4v) is 7.91. The lowest BCUT2D eigenvalue weighted by atomic mass is 9.88. The van der Waals surface area contributed by atoms with Gasteiger partial charge in [-0.1, -0.05) is 80.8 Å². The van der Waals surface area contributed by atoms with Crippen LogP contribution in [0.2, 0.25) is 0 Å². The first-order valence-electron chi connectivity index (χ1n) is 16.0. The highest BCUT2D eigenvalue weighted by Crippen LogP contribution is 2.58. The van der Waals surface area contributed by atoms with Gasteiger partial charge in [-0.05, 0) is 72.4 Å². The zero-order valence-corrected chi connectivity index (χ0v) is 26.2. The van der Waals surface area contributed by atoms with Crippen LogP contribution in [0.5, 0.6) is 0 Å². The van der Waals surface area contributed by atoms with Gasteiger partial charge in [-0.3, -0.25) is 9.59 Å². The normalized spacial score (nSPS) is 18.7. The standard InChI is InChI=1S/C37H40N2O4S/c1-2-3-24-44-37(30-25-26(30)14-6-4-9-21-35(42)43-39-33(40)22-23-34(39)41)36-28-17-10-12-19-31(28)38(27-15-7-5-8-16-27)32-20-13-11-18-29(32)36/h5,7-8,10-13,15-20,26,30H,2-4,6,9,14,21-25H2,1H3. The summed E-state index contributed by atoms with van der Waals surface area (Å²) in [7, 11) is 0. The average Bonchev–Trinajstić information content (AvgIpc) is 3.75. The molecule has 2 atom stereocenters. The molecule has 2 fully saturated rings. The molecule has 228 valence electrons. The van der Waals surface area contributed by atoms with Gasteiger partial charge in [0.1, 0.15) is 0 Å². The van der Waals surface area contributed by atoms with Crippen LogP contribution in [0.15, 0.2) is 83.8 Å². The van der Waals surface area contributed by atoms with Gasteiger partial charge in [-0.2, -0.15) is 0 Å². The smallest absolute Gasteiger partial charge is 0.330 e. The SMILES string of the molecule is CCCCSC(=C1c2ccccc2N(c2ccccc2)c2ccccc21)C1CC1CCCCCC(=O)ON1C(=O)CCC1=O. The third kappa shape index (κ3) is 6.48. The number of hydroxylamine groups is 2. The number of para-hydroxylation sites is 3. The Kier molecular flexibility index (Phi) is 9.51. The Balaban J connectivity index is 1.18. The van der Waals surface area contributed by atoms with E-state index in [9.17, 15) is 14.4 Å². The summed E-state index contributed by atoms with van der Waals surface area (Å²) in [6.07, 6.45) is 7.84. The summed E-state index contributed by atoms with van der Waals surface area (Å²) < 4.78 is 0. The van der Waals surface area contributed by atoms with Crippen molar-refractivity contribution in [2.24, 2.45) is 11.8 Å². The summed E-state index contributed by atoms with van der Waals surface area (Å²) in [6.45, 7) is 2.26. The molecule has 44 heavy (non-hydrogen) atoms. The number of unbranched alkanes of at least 4 members (excludes halogenated alkanes) is 3. The van der Waals surface area contributed by atoms with Crippen molar-refractivity contribution < 1.29 is 19.2 Å². The summed E-state index contributed by atoms with van der Waals surface area (Å²) in [4.78, 5) is 44.5. The van der Waals surface area contributed by atoms with Crippen molar-refractivity contribution in [3.8, 4) is 0 Å². The molecule has 1 aliphatic carbocycles. The predicted octanol–water partition coefficient (Wildman–Crippen LogP) is 8.96. The highest BCUT2D eigenvalue weighted by Gasteiger charge is 2.42. The topological polar surface area (TPSA) is 66.9 Å². The zero-order valence-electron chi connectivity index (χ0n) is 25.4. The largest absolute Gasteiger partial charge is 0.333 e. The number of imide groups is 1. The number of nitrogens with zero attached hydrogens (tertiary/aromatic N) is 2. The van der Waals surface area contributed by atoms with Gasteiger partial charge >= 0.3 is 5.97 Å². The summed E-state index contributed by atoms with van der Waals surface area (Å²) in [6, 6.07) is 28.3. The summed E-state index contributed by atoms with van der Waals surface area (Å²) in [5, 5.41) is 0.642. The van der Waals surface area contributed by atoms with Crippen LogP contribution in [0.4, 0.5) is 17.1 Å². The molecular formula is C37H40N2O4S. The lowest BCUT2D eigenvalue weighted by Crippen LogP contribution is -2.31. The van der Waals surface area contributed by atoms with Crippen molar-refractivity contribution in [2.45, 2.75) is 71.1 Å². The number of hydrogen-bond donors (Lipinski definition) is 0. The highest BCUT2D eigenvalue weighted by atomic mass is 32.2. The van der Waals surface area contributed by atoms with Crippen molar-refractivity contribution in [3.63, 3.8) is 0 Å². The van der Waals surface area contributed by atoms with E-state index in [1.165, 1.54) is 57.9 Å². The number of allylic oxidation sites excluding steroid dienone is 1. The summed E-state index contributed by atoms with van der Waals surface area (Å²) >= 11 is 2.05. The van der Waals surface area contributed by atoms with Gasteiger partial charge in [0.25, 0.3) is 11.8 Å². The van der Waals surface area contributed by atoms with E-state index in [1.807, 2.05) is 0 Å². The number of thioether (sulfide) groups is 1. The first-order valence-corrected chi connectivity index (χ1v) is 17.0. The number of hydrogen-bond acceptors (Lipinski definition) is 6. The predicted molar refractivity (Wildman–Crippen MR) is 176 cm³/mol. The minimum absolute atomic E-state index is 0.117. The molecule has 3 aromatic carbocycles. The van der Waals surface area contributed by atoms with E-state index < -0.39 is 17.8 Å². The van der Waals surface area contributed by atoms with Gasteiger partial charge < -0.3 is 9.74 Å². The molecule has 0 spiro atoms. The average molecular weight is 609 g/mol. The number of rotatable bonds is 13. The monoisotopic (exact) mass is 608 g/mol. The fraction of sp³-hybridized carbons (Fsp3) is 0.378. The molecule has 2 heterocycles. The zero-order chi connectivity index (χ0) is 30.5. The minimum atomic E-state index is -0.503. The van der Waals surface area contributed by atoms with E-state index >= 15 is 0 Å². The molecule has 0 bridgehead atoms. The van der Waals surface area contributed by atoms with Crippen molar-refractivity contribution in [2.75, 3.05) is 10.7 Å². The molecule has 0 radical (unpaired) electrons. The van der Waals surface area contributed by atoms with E-state index in [-0.39, 0.29) is 19.3 Å². The Morgan fingerprint density at radius 2 is 1.45 bits per heavy atom. The maximum Gasteiger partial charge on any atom is 0.333 e. The third-order valence-corrected chi connectivity index (χ3v) is 10.1. The van der Waals surface area contributed by atoms with Gasteiger partial charge in [-0.15, -0.1) is 16.8 Å². The van der Waals surface area contributed by atoms with E-state index in [4.69, 9.17) is 4.84 Å². The molecular weight excluding hydrogens is 568 g/mol. The molecule has 2 aliphatic heterocycles.